The highest BCUT2D eigenvalue weighted by atomic mass is 16.3. The van der Waals surface area contributed by atoms with Crippen molar-refractivity contribution in [1.29, 1.82) is 0 Å². The molecule has 0 aromatic carbocycles. The predicted molar refractivity (Wildman–Crippen MR) is 37.0 cm³/mol. The van der Waals surface area contributed by atoms with Crippen molar-refractivity contribution in [2.45, 2.75) is 18.9 Å². The van der Waals surface area contributed by atoms with Crippen LogP contribution in [0.5, 0.6) is 0 Å². The van der Waals surface area contributed by atoms with E-state index in [1.807, 2.05) is 0 Å². The number of piperidine rings is 1. The Labute approximate surface area is 56.3 Å². The van der Waals surface area contributed by atoms with Gasteiger partial charge in [-0.2, -0.15) is 0 Å². The highest BCUT2D eigenvalue weighted by Crippen LogP contribution is 2.12. The summed E-state index contributed by atoms with van der Waals surface area (Å²) < 4.78 is 0. The number of aliphatic hydroxyl groups excluding tert-OH is 1. The van der Waals surface area contributed by atoms with Crippen molar-refractivity contribution in [2.24, 2.45) is 5.92 Å². The van der Waals surface area contributed by atoms with Gasteiger partial charge in [-0.25, -0.2) is 0 Å². The van der Waals surface area contributed by atoms with Gasteiger partial charge in [0, 0.05) is 6.54 Å². The van der Waals surface area contributed by atoms with Crippen molar-refractivity contribution in [1.82, 2.24) is 5.32 Å². The molecule has 1 radical (unpaired) electrons. The maximum absolute atomic E-state index is 9.03. The first-order valence-corrected chi connectivity index (χ1v) is 3.52. The second-order valence-electron chi connectivity index (χ2n) is 2.67. The van der Waals surface area contributed by atoms with E-state index in [1.54, 1.807) is 0 Å². The van der Waals surface area contributed by atoms with Gasteiger partial charge >= 0.3 is 0 Å². The minimum absolute atomic E-state index is 0.377. The number of hydrogen-bond acceptors (Lipinski definition) is 2. The quantitative estimate of drug-likeness (QED) is 0.528. The third kappa shape index (κ3) is 1.95. The van der Waals surface area contributed by atoms with Crippen molar-refractivity contribution in [3.8, 4) is 0 Å². The van der Waals surface area contributed by atoms with Crippen molar-refractivity contribution >= 4 is 0 Å². The molecule has 1 aliphatic heterocycles. The Bertz CT molecular complexity index is 77.0. The van der Waals surface area contributed by atoms with E-state index in [0.717, 1.165) is 19.5 Å². The second-order valence-corrected chi connectivity index (χ2v) is 2.67. The van der Waals surface area contributed by atoms with Crippen LogP contribution in [0.3, 0.4) is 0 Å². The molecule has 0 aromatic rings. The van der Waals surface area contributed by atoms with Crippen LogP contribution < -0.4 is 5.32 Å². The first-order valence-electron chi connectivity index (χ1n) is 3.52. The third-order valence-corrected chi connectivity index (χ3v) is 1.88. The van der Waals surface area contributed by atoms with Crippen molar-refractivity contribution in [3.63, 3.8) is 0 Å². The Balaban J connectivity index is 2.23. The van der Waals surface area contributed by atoms with E-state index in [-0.39, 0.29) is 6.10 Å². The molecule has 0 saturated carbocycles. The van der Waals surface area contributed by atoms with Crippen LogP contribution in [0.2, 0.25) is 0 Å². The molecule has 2 atom stereocenters. The summed E-state index contributed by atoms with van der Waals surface area (Å²) in [5, 5.41) is 12.2. The van der Waals surface area contributed by atoms with Crippen molar-refractivity contribution in [2.75, 3.05) is 13.1 Å². The Kier molecular flexibility index (Phi) is 2.49. The van der Waals surface area contributed by atoms with Gasteiger partial charge in [-0.05, 0) is 32.2 Å². The highest BCUT2D eigenvalue weighted by Gasteiger charge is 2.16. The molecule has 0 spiro atoms. The summed E-state index contributed by atoms with van der Waals surface area (Å²) >= 11 is 0. The van der Waals surface area contributed by atoms with Gasteiger partial charge in [0.15, 0.2) is 0 Å². The number of rotatable bonds is 1. The Morgan fingerprint density at radius 2 is 2.44 bits per heavy atom. The Hall–Kier alpha value is -0.0800. The number of nitrogens with one attached hydrogen (secondary N) is 1. The predicted octanol–water partition coefficient (Wildman–Crippen LogP) is 0.181. The van der Waals surface area contributed by atoms with Gasteiger partial charge in [0.05, 0.1) is 6.10 Å². The molecule has 0 bridgehead atoms. The minimum atomic E-state index is -0.377. The van der Waals surface area contributed by atoms with Crippen LogP contribution in [0.15, 0.2) is 0 Å². The van der Waals surface area contributed by atoms with Crippen LogP contribution in [0, 0.1) is 12.8 Å². The SMILES string of the molecule is [CH2]C(O)C1CCCNC1. The fourth-order valence-electron chi connectivity index (χ4n) is 1.21. The fourth-order valence-corrected chi connectivity index (χ4v) is 1.21. The maximum Gasteiger partial charge on any atom is 0.0581 e. The lowest BCUT2D eigenvalue weighted by Gasteiger charge is -2.24. The lowest BCUT2D eigenvalue weighted by atomic mass is 9.95. The molecule has 0 aromatic heterocycles. The largest absolute Gasteiger partial charge is 0.393 e. The summed E-state index contributed by atoms with van der Waals surface area (Å²) in [5.41, 5.74) is 0. The van der Waals surface area contributed by atoms with E-state index >= 15 is 0 Å². The Morgan fingerprint density at radius 3 is 2.78 bits per heavy atom. The molecule has 1 aliphatic rings. The minimum Gasteiger partial charge on any atom is -0.393 e. The monoisotopic (exact) mass is 128 g/mol. The average molecular weight is 128 g/mol. The van der Waals surface area contributed by atoms with Crippen LogP contribution in [0.25, 0.3) is 0 Å². The fraction of sp³-hybridized carbons (Fsp3) is 0.857. The average Bonchev–Trinajstić information content (AvgIpc) is 1.90. The van der Waals surface area contributed by atoms with E-state index in [9.17, 15) is 0 Å². The van der Waals surface area contributed by atoms with Crippen LogP contribution >= 0.6 is 0 Å². The normalized spacial score (nSPS) is 32.0. The van der Waals surface area contributed by atoms with Crippen LogP contribution in [0.1, 0.15) is 12.8 Å². The molecule has 9 heavy (non-hydrogen) atoms. The molecule has 2 heteroatoms. The molecular formula is C7H14NO. The summed E-state index contributed by atoms with van der Waals surface area (Å²) in [6.07, 6.45) is 1.92. The van der Waals surface area contributed by atoms with E-state index in [4.69, 9.17) is 5.11 Å². The smallest absolute Gasteiger partial charge is 0.0581 e. The van der Waals surface area contributed by atoms with Crippen LogP contribution in [-0.4, -0.2) is 24.3 Å². The van der Waals surface area contributed by atoms with Gasteiger partial charge in [0.2, 0.25) is 0 Å². The summed E-state index contributed by atoms with van der Waals surface area (Å²) in [5.74, 6) is 0.388. The topological polar surface area (TPSA) is 32.3 Å². The van der Waals surface area contributed by atoms with Crippen molar-refractivity contribution in [3.05, 3.63) is 6.92 Å². The molecule has 1 heterocycles. The molecule has 2 N–H and O–H groups in total. The van der Waals surface area contributed by atoms with E-state index < -0.39 is 0 Å². The zero-order valence-corrected chi connectivity index (χ0v) is 5.64. The summed E-state index contributed by atoms with van der Waals surface area (Å²) in [6, 6.07) is 0. The zero-order chi connectivity index (χ0) is 6.69. The standard InChI is InChI=1S/C7H14NO/c1-6(9)7-3-2-4-8-5-7/h6-9H,1-5H2. The number of hydrogen-bond donors (Lipinski definition) is 2. The number of aliphatic hydroxyl groups is 1. The highest BCUT2D eigenvalue weighted by molar-refractivity contribution is 4.76. The Morgan fingerprint density at radius 1 is 1.67 bits per heavy atom. The zero-order valence-electron chi connectivity index (χ0n) is 5.64. The van der Waals surface area contributed by atoms with Gasteiger partial charge in [0.25, 0.3) is 0 Å². The third-order valence-electron chi connectivity index (χ3n) is 1.88. The van der Waals surface area contributed by atoms with Gasteiger partial charge in [-0.15, -0.1) is 0 Å². The van der Waals surface area contributed by atoms with Crippen LogP contribution in [-0.2, 0) is 0 Å². The lowest BCUT2D eigenvalue weighted by Crippen LogP contribution is -2.35. The first-order chi connectivity index (χ1) is 4.30. The maximum atomic E-state index is 9.03. The summed E-state index contributed by atoms with van der Waals surface area (Å²) in [7, 11) is 0. The first kappa shape index (κ1) is 7.03. The molecular weight excluding hydrogens is 114 g/mol. The summed E-state index contributed by atoms with van der Waals surface area (Å²) in [4.78, 5) is 0. The van der Waals surface area contributed by atoms with E-state index in [0.29, 0.717) is 5.92 Å². The molecule has 1 saturated heterocycles. The molecule has 1 rings (SSSR count). The molecule has 0 amide bonds. The van der Waals surface area contributed by atoms with Gasteiger partial charge in [-0.3, -0.25) is 0 Å². The van der Waals surface area contributed by atoms with Crippen molar-refractivity contribution < 1.29 is 5.11 Å². The van der Waals surface area contributed by atoms with E-state index in [2.05, 4.69) is 12.2 Å². The molecule has 0 aliphatic carbocycles. The van der Waals surface area contributed by atoms with Gasteiger partial charge in [-0.1, -0.05) is 0 Å². The van der Waals surface area contributed by atoms with Crippen LogP contribution in [0.4, 0.5) is 0 Å². The lowest BCUT2D eigenvalue weighted by molar-refractivity contribution is 0.131. The van der Waals surface area contributed by atoms with E-state index in [1.165, 1.54) is 6.42 Å². The second kappa shape index (κ2) is 3.18. The molecule has 2 unspecified atom stereocenters. The van der Waals surface area contributed by atoms with Gasteiger partial charge < -0.3 is 10.4 Å². The molecule has 53 valence electrons. The van der Waals surface area contributed by atoms with Gasteiger partial charge in [0.1, 0.15) is 0 Å². The summed E-state index contributed by atoms with van der Waals surface area (Å²) in [6.45, 7) is 5.61. The molecule has 1 fully saturated rings. The molecule has 2 nitrogen and oxygen atoms in total.